The summed E-state index contributed by atoms with van der Waals surface area (Å²) in [6.07, 6.45) is 0. The molecule has 2 aromatic carbocycles. The lowest BCUT2D eigenvalue weighted by atomic mass is 10.0. The number of morpholine rings is 1. The second kappa shape index (κ2) is 8.59. The molecule has 0 radical (unpaired) electrons. The van der Waals surface area contributed by atoms with Crippen molar-refractivity contribution in [1.29, 1.82) is 0 Å². The van der Waals surface area contributed by atoms with Crippen LogP contribution in [0.15, 0.2) is 66.4 Å². The van der Waals surface area contributed by atoms with Gasteiger partial charge in [0, 0.05) is 38.9 Å². The first kappa shape index (κ1) is 19.4. The Balaban J connectivity index is 1.65. The van der Waals surface area contributed by atoms with Crippen molar-refractivity contribution in [2.24, 2.45) is 0 Å². The zero-order valence-electron chi connectivity index (χ0n) is 16.6. The van der Waals surface area contributed by atoms with Crippen LogP contribution in [0, 0.1) is 0 Å². The fourth-order valence-electron chi connectivity index (χ4n) is 3.79. The van der Waals surface area contributed by atoms with Crippen LogP contribution in [-0.2, 0) is 14.3 Å². The lowest BCUT2D eigenvalue weighted by molar-refractivity contribution is -0.137. The highest BCUT2D eigenvalue weighted by Crippen LogP contribution is 2.33. The molecule has 2 heterocycles. The van der Waals surface area contributed by atoms with Crippen LogP contribution in [-0.4, -0.2) is 68.1 Å². The maximum absolute atomic E-state index is 13.3. The van der Waals surface area contributed by atoms with Crippen LogP contribution in [0.2, 0.25) is 0 Å². The molecule has 2 aliphatic rings. The maximum atomic E-state index is 13.3. The lowest BCUT2D eigenvalue weighted by Gasteiger charge is -2.28. The highest BCUT2D eigenvalue weighted by molar-refractivity contribution is 6.36. The summed E-state index contributed by atoms with van der Waals surface area (Å²) in [7, 11) is 1.84. The average Bonchev–Trinajstić information content (AvgIpc) is 3.03. The number of ether oxygens (including phenoxy) is 1. The first-order valence-corrected chi connectivity index (χ1v) is 9.91. The van der Waals surface area contributed by atoms with E-state index in [-0.39, 0.29) is 11.8 Å². The van der Waals surface area contributed by atoms with Gasteiger partial charge in [0.05, 0.1) is 18.8 Å². The highest BCUT2D eigenvalue weighted by Gasteiger charge is 2.41. The molecular weight excluding hydrogens is 366 g/mol. The third-order valence-electron chi connectivity index (χ3n) is 5.43. The topological polar surface area (TPSA) is 53.1 Å². The van der Waals surface area contributed by atoms with E-state index < -0.39 is 0 Å². The van der Waals surface area contributed by atoms with Crippen molar-refractivity contribution in [2.75, 3.05) is 51.3 Å². The van der Waals surface area contributed by atoms with Gasteiger partial charge in [0.2, 0.25) is 0 Å². The van der Waals surface area contributed by atoms with Gasteiger partial charge in [0.25, 0.3) is 11.8 Å². The van der Waals surface area contributed by atoms with E-state index in [1.807, 2.05) is 72.6 Å². The predicted octanol–water partition coefficient (Wildman–Crippen LogP) is 2.24. The molecule has 4 rings (SSSR count). The number of para-hydroxylation sites is 1. The number of carbonyl (C=O) groups excluding carboxylic acids is 2. The standard InChI is InChI=1S/C23H25N3O3/c1-24(19-10-6-3-7-11-19)21-20(18-8-4-2-5-9-18)22(27)26(23(21)28)13-12-25-14-16-29-17-15-25/h2-11H,12-17H2,1H3. The van der Waals surface area contributed by atoms with E-state index in [2.05, 4.69) is 4.90 Å². The maximum Gasteiger partial charge on any atom is 0.278 e. The van der Waals surface area contributed by atoms with E-state index in [9.17, 15) is 9.59 Å². The van der Waals surface area contributed by atoms with Gasteiger partial charge in [0.1, 0.15) is 5.70 Å². The molecule has 2 aromatic rings. The number of anilines is 1. The Morgan fingerprint density at radius 1 is 0.862 bits per heavy atom. The summed E-state index contributed by atoms with van der Waals surface area (Å²) in [4.78, 5) is 32.1. The Morgan fingerprint density at radius 2 is 1.48 bits per heavy atom. The Hall–Kier alpha value is -2.96. The van der Waals surface area contributed by atoms with Crippen molar-refractivity contribution in [3.63, 3.8) is 0 Å². The third kappa shape index (κ3) is 3.95. The van der Waals surface area contributed by atoms with Crippen molar-refractivity contribution in [3.8, 4) is 0 Å². The lowest BCUT2D eigenvalue weighted by Crippen LogP contribution is -2.44. The van der Waals surface area contributed by atoms with Gasteiger partial charge in [-0.05, 0) is 17.7 Å². The summed E-state index contributed by atoms with van der Waals surface area (Å²) in [6.45, 7) is 4.07. The molecule has 1 saturated heterocycles. The van der Waals surface area contributed by atoms with Crippen LogP contribution in [0.4, 0.5) is 5.69 Å². The van der Waals surface area contributed by atoms with E-state index >= 15 is 0 Å². The fourth-order valence-corrected chi connectivity index (χ4v) is 3.79. The third-order valence-corrected chi connectivity index (χ3v) is 5.43. The van der Waals surface area contributed by atoms with Crippen molar-refractivity contribution < 1.29 is 14.3 Å². The number of amides is 2. The van der Waals surface area contributed by atoms with Gasteiger partial charge in [0.15, 0.2) is 0 Å². The van der Waals surface area contributed by atoms with E-state index in [4.69, 9.17) is 4.74 Å². The second-order valence-corrected chi connectivity index (χ2v) is 7.20. The number of likely N-dealkylation sites (N-methyl/N-ethyl adjacent to an activating group) is 1. The van der Waals surface area contributed by atoms with E-state index in [1.54, 1.807) is 0 Å². The van der Waals surface area contributed by atoms with Crippen LogP contribution < -0.4 is 4.90 Å². The molecule has 29 heavy (non-hydrogen) atoms. The van der Waals surface area contributed by atoms with Crippen molar-refractivity contribution in [1.82, 2.24) is 9.80 Å². The number of benzene rings is 2. The van der Waals surface area contributed by atoms with Gasteiger partial charge < -0.3 is 9.64 Å². The monoisotopic (exact) mass is 391 g/mol. The fraction of sp³-hybridized carbons (Fsp3) is 0.304. The molecule has 0 spiro atoms. The van der Waals surface area contributed by atoms with Crippen molar-refractivity contribution in [3.05, 3.63) is 71.9 Å². The van der Waals surface area contributed by atoms with Crippen molar-refractivity contribution >= 4 is 23.1 Å². The molecule has 0 unspecified atom stereocenters. The van der Waals surface area contributed by atoms with Gasteiger partial charge in [-0.2, -0.15) is 0 Å². The van der Waals surface area contributed by atoms with E-state index in [0.29, 0.717) is 37.6 Å². The zero-order chi connectivity index (χ0) is 20.2. The number of hydrogen-bond acceptors (Lipinski definition) is 5. The van der Waals surface area contributed by atoms with Crippen LogP contribution >= 0.6 is 0 Å². The van der Waals surface area contributed by atoms with Gasteiger partial charge in [-0.1, -0.05) is 48.5 Å². The molecule has 1 fully saturated rings. The molecule has 6 nitrogen and oxygen atoms in total. The largest absolute Gasteiger partial charge is 0.379 e. The second-order valence-electron chi connectivity index (χ2n) is 7.20. The summed E-state index contributed by atoms with van der Waals surface area (Å²) >= 11 is 0. The number of hydrogen-bond donors (Lipinski definition) is 0. The first-order chi connectivity index (χ1) is 14.2. The van der Waals surface area contributed by atoms with Gasteiger partial charge >= 0.3 is 0 Å². The Labute approximate surface area is 171 Å². The SMILES string of the molecule is CN(C1=C(c2ccccc2)C(=O)N(CCN2CCOCC2)C1=O)c1ccccc1. The van der Waals surface area contributed by atoms with E-state index in [1.165, 1.54) is 4.90 Å². The quantitative estimate of drug-likeness (QED) is 0.707. The first-order valence-electron chi connectivity index (χ1n) is 9.91. The molecule has 0 N–H and O–H groups in total. The Morgan fingerprint density at radius 3 is 2.14 bits per heavy atom. The van der Waals surface area contributed by atoms with Crippen molar-refractivity contribution in [2.45, 2.75) is 0 Å². The summed E-state index contributed by atoms with van der Waals surface area (Å²) in [6, 6.07) is 19.1. The van der Waals surface area contributed by atoms with Crippen LogP contribution in [0.25, 0.3) is 5.57 Å². The molecule has 150 valence electrons. The van der Waals surface area contributed by atoms with Crippen LogP contribution in [0.5, 0.6) is 0 Å². The molecule has 0 atom stereocenters. The smallest absolute Gasteiger partial charge is 0.278 e. The summed E-state index contributed by atoms with van der Waals surface area (Å²) in [5.74, 6) is -0.472. The van der Waals surface area contributed by atoms with Crippen LogP contribution in [0.1, 0.15) is 5.56 Å². The number of imide groups is 1. The highest BCUT2D eigenvalue weighted by atomic mass is 16.5. The minimum atomic E-state index is -0.242. The summed E-state index contributed by atoms with van der Waals surface area (Å²) < 4.78 is 5.38. The molecule has 2 amide bonds. The van der Waals surface area contributed by atoms with Gasteiger partial charge in [-0.15, -0.1) is 0 Å². The van der Waals surface area contributed by atoms with Gasteiger partial charge in [-0.25, -0.2) is 0 Å². The molecule has 0 aliphatic carbocycles. The Kier molecular flexibility index (Phi) is 5.74. The molecule has 0 aromatic heterocycles. The molecule has 0 saturated carbocycles. The molecule has 0 bridgehead atoms. The average molecular weight is 391 g/mol. The normalized spacial score (nSPS) is 17.9. The Bertz CT molecular complexity index is 905. The number of nitrogens with zero attached hydrogens (tertiary/aromatic N) is 3. The number of rotatable bonds is 6. The zero-order valence-corrected chi connectivity index (χ0v) is 16.6. The summed E-state index contributed by atoms with van der Waals surface area (Å²) in [5.41, 5.74) is 2.52. The van der Waals surface area contributed by atoms with E-state index in [0.717, 1.165) is 24.3 Å². The molecule has 2 aliphatic heterocycles. The van der Waals surface area contributed by atoms with Crippen LogP contribution in [0.3, 0.4) is 0 Å². The molecule has 6 heteroatoms. The number of carbonyl (C=O) groups is 2. The predicted molar refractivity (Wildman–Crippen MR) is 112 cm³/mol. The molecular formula is C23H25N3O3. The van der Waals surface area contributed by atoms with Gasteiger partial charge in [-0.3, -0.25) is 19.4 Å². The minimum Gasteiger partial charge on any atom is -0.379 e. The summed E-state index contributed by atoms with van der Waals surface area (Å²) in [5, 5.41) is 0. The minimum absolute atomic E-state index is 0.229.